The number of nitrogens with zero attached hydrogens (tertiary/aromatic N) is 1. The Hall–Kier alpha value is -1.32. The van der Waals surface area contributed by atoms with Gasteiger partial charge < -0.3 is 27.7 Å². The molecule has 0 heterocycles. The van der Waals surface area contributed by atoms with Crippen LogP contribution in [0.25, 0.3) is 0 Å². The average molecular weight is 277 g/mol. The van der Waals surface area contributed by atoms with Crippen molar-refractivity contribution in [3.05, 3.63) is 0 Å². The Balaban J connectivity index is 3.96. The SMILES string of the molecule is NC(N)=NCCC[C@H](N)C(=O)OC(=O)[C@@H](N)CS. The molecule has 0 aliphatic heterocycles. The first-order valence-electron chi connectivity index (χ1n) is 5.31. The standard InChI is InChI=1S/C9H19N5O3S/c10-5(2-1-3-14-9(12)13)7(15)17-8(16)6(11)4-18/h5-6,18H,1-4,10-11H2,(H4,12,13,14)/t5-,6-/m0/s1. The molecule has 104 valence electrons. The molecule has 0 amide bonds. The van der Waals surface area contributed by atoms with Crippen LogP contribution in [0.5, 0.6) is 0 Å². The highest BCUT2D eigenvalue weighted by atomic mass is 32.1. The number of thiol groups is 1. The van der Waals surface area contributed by atoms with E-state index in [0.29, 0.717) is 19.4 Å². The summed E-state index contributed by atoms with van der Waals surface area (Å²) in [6.45, 7) is 0.355. The van der Waals surface area contributed by atoms with Crippen molar-refractivity contribution in [1.29, 1.82) is 0 Å². The molecule has 0 saturated carbocycles. The maximum absolute atomic E-state index is 11.4. The van der Waals surface area contributed by atoms with Crippen molar-refractivity contribution in [2.75, 3.05) is 12.3 Å². The number of guanidine groups is 1. The van der Waals surface area contributed by atoms with Gasteiger partial charge >= 0.3 is 11.9 Å². The molecule has 0 aromatic rings. The van der Waals surface area contributed by atoms with E-state index in [0.717, 1.165) is 0 Å². The second-order valence-electron chi connectivity index (χ2n) is 3.58. The van der Waals surface area contributed by atoms with Crippen LogP contribution in [0.1, 0.15) is 12.8 Å². The van der Waals surface area contributed by atoms with Crippen LogP contribution in [0.4, 0.5) is 0 Å². The molecule has 8 nitrogen and oxygen atoms in total. The number of hydrogen-bond donors (Lipinski definition) is 5. The molecule has 18 heavy (non-hydrogen) atoms. The lowest BCUT2D eigenvalue weighted by Gasteiger charge is -2.11. The number of esters is 2. The Morgan fingerprint density at radius 3 is 2.22 bits per heavy atom. The van der Waals surface area contributed by atoms with E-state index in [9.17, 15) is 9.59 Å². The van der Waals surface area contributed by atoms with Gasteiger partial charge in [0.1, 0.15) is 12.1 Å². The summed E-state index contributed by atoms with van der Waals surface area (Å²) in [6.07, 6.45) is 0.806. The number of carbonyl (C=O) groups is 2. The molecule has 0 aromatic carbocycles. The Bertz CT molecular complexity index is 319. The van der Waals surface area contributed by atoms with E-state index >= 15 is 0 Å². The van der Waals surface area contributed by atoms with Crippen molar-refractivity contribution in [3.8, 4) is 0 Å². The predicted octanol–water partition coefficient (Wildman–Crippen LogP) is -2.31. The first kappa shape index (κ1) is 16.7. The molecule has 0 aromatic heterocycles. The zero-order valence-corrected chi connectivity index (χ0v) is 10.8. The lowest BCUT2D eigenvalue weighted by molar-refractivity contribution is -0.161. The molecule has 0 spiro atoms. The highest BCUT2D eigenvalue weighted by Gasteiger charge is 2.21. The lowest BCUT2D eigenvalue weighted by Crippen LogP contribution is -2.40. The molecule has 2 atom stereocenters. The van der Waals surface area contributed by atoms with Crippen LogP contribution in [0.3, 0.4) is 0 Å². The Morgan fingerprint density at radius 1 is 1.17 bits per heavy atom. The normalized spacial score (nSPS) is 13.5. The number of aliphatic imine (C=N–C) groups is 1. The fourth-order valence-corrected chi connectivity index (χ4v) is 1.11. The summed E-state index contributed by atoms with van der Waals surface area (Å²) >= 11 is 3.81. The second kappa shape index (κ2) is 8.72. The number of rotatable bonds is 7. The van der Waals surface area contributed by atoms with Crippen LogP contribution in [0.2, 0.25) is 0 Å². The van der Waals surface area contributed by atoms with E-state index < -0.39 is 24.0 Å². The van der Waals surface area contributed by atoms with E-state index in [1.54, 1.807) is 0 Å². The van der Waals surface area contributed by atoms with Gasteiger partial charge in [0.2, 0.25) is 0 Å². The topological polar surface area (TPSA) is 160 Å². The zero-order valence-electron chi connectivity index (χ0n) is 9.91. The summed E-state index contributed by atoms with van der Waals surface area (Å²) in [4.78, 5) is 26.3. The van der Waals surface area contributed by atoms with Gasteiger partial charge in [-0.05, 0) is 12.8 Å². The van der Waals surface area contributed by atoms with E-state index in [2.05, 4.69) is 22.4 Å². The van der Waals surface area contributed by atoms with Gasteiger partial charge in [-0.15, -0.1) is 0 Å². The molecule has 0 fully saturated rings. The largest absolute Gasteiger partial charge is 0.391 e. The third-order valence-corrected chi connectivity index (χ3v) is 2.36. The molecule has 0 rings (SSSR count). The van der Waals surface area contributed by atoms with Crippen molar-refractivity contribution in [3.63, 3.8) is 0 Å². The summed E-state index contributed by atoms with van der Waals surface area (Å²) in [7, 11) is 0. The Labute approximate surface area is 111 Å². The molecule has 0 radical (unpaired) electrons. The third kappa shape index (κ3) is 7.09. The van der Waals surface area contributed by atoms with Gasteiger partial charge in [-0.1, -0.05) is 0 Å². The monoisotopic (exact) mass is 277 g/mol. The van der Waals surface area contributed by atoms with Gasteiger partial charge in [0, 0.05) is 12.3 Å². The van der Waals surface area contributed by atoms with Gasteiger partial charge in [0.05, 0.1) is 0 Å². The van der Waals surface area contributed by atoms with Crippen LogP contribution in [-0.2, 0) is 14.3 Å². The maximum Gasteiger partial charge on any atom is 0.331 e. The smallest absolute Gasteiger partial charge is 0.331 e. The molecule has 0 aliphatic rings. The highest BCUT2D eigenvalue weighted by Crippen LogP contribution is 1.99. The van der Waals surface area contributed by atoms with Crippen molar-refractivity contribution in [2.45, 2.75) is 24.9 Å². The van der Waals surface area contributed by atoms with E-state index in [1.165, 1.54) is 0 Å². The lowest BCUT2D eigenvalue weighted by atomic mass is 10.2. The average Bonchev–Trinajstić information content (AvgIpc) is 2.32. The van der Waals surface area contributed by atoms with Crippen molar-refractivity contribution in [2.24, 2.45) is 27.9 Å². The van der Waals surface area contributed by atoms with Crippen LogP contribution in [-0.4, -0.2) is 42.3 Å². The third-order valence-electron chi connectivity index (χ3n) is 1.97. The molecule has 8 N–H and O–H groups in total. The minimum atomic E-state index is -0.939. The van der Waals surface area contributed by atoms with Gasteiger partial charge in [-0.2, -0.15) is 12.6 Å². The van der Waals surface area contributed by atoms with Crippen LogP contribution >= 0.6 is 12.6 Å². The van der Waals surface area contributed by atoms with Crippen LogP contribution < -0.4 is 22.9 Å². The summed E-state index contributed by atoms with van der Waals surface area (Å²) < 4.78 is 4.48. The van der Waals surface area contributed by atoms with E-state index in [-0.39, 0.29) is 11.7 Å². The first-order chi connectivity index (χ1) is 8.38. The fourth-order valence-electron chi connectivity index (χ4n) is 0.962. The predicted molar refractivity (Wildman–Crippen MR) is 70.8 cm³/mol. The number of hydrogen-bond acceptors (Lipinski definition) is 7. The molecule has 0 aliphatic carbocycles. The summed E-state index contributed by atoms with van der Waals surface area (Å²) in [6, 6.07) is -1.85. The number of nitrogens with two attached hydrogens (primary N) is 4. The van der Waals surface area contributed by atoms with Gasteiger partial charge in [0.15, 0.2) is 5.96 Å². The fraction of sp³-hybridized carbons (Fsp3) is 0.667. The van der Waals surface area contributed by atoms with Crippen molar-refractivity contribution in [1.82, 2.24) is 0 Å². The second-order valence-corrected chi connectivity index (χ2v) is 3.95. The first-order valence-corrected chi connectivity index (χ1v) is 5.94. The van der Waals surface area contributed by atoms with Crippen molar-refractivity contribution < 1.29 is 14.3 Å². The van der Waals surface area contributed by atoms with Crippen LogP contribution in [0, 0.1) is 0 Å². The Kier molecular flexibility index (Phi) is 8.08. The molecular formula is C9H19N5O3S. The molecule has 0 bridgehead atoms. The number of ether oxygens (including phenoxy) is 1. The Morgan fingerprint density at radius 2 is 1.72 bits per heavy atom. The summed E-state index contributed by atoms with van der Waals surface area (Å²) in [5.41, 5.74) is 21.1. The summed E-state index contributed by atoms with van der Waals surface area (Å²) in [5, 5.41) is 0. The minimum absolute atomic E-state index is 0.0268. The maximum atomic E-state index is 11.4. The van der Waals surface area contributed by atoms with Gasteiger partial charge in [-0.25, -0.2) is 9.59 Å². The van der Waals surface area contributed by atoms with Gasteiger partial charge in [0.25, 0.3) is 0 Å². The van der Waals surface area contributed by atoms with Crippen molar-refractivity contribution >= 4 is 30.5 Å². The minimum Gasteiger partial charge on any atom is -0.391 e. The van der Waals surface area contributed by atoms with E-state index in [4.69, 9.17) is 22.9 Å². The molecule has 0 unspecified atom stereocenters. The quantitative estimate of drug-likeness (QED) is 0.0872. The van der Waals surface area contributed by atoms with Gasteiger partial charge in [-0.3, -0.25) is 4.99 Å². The number of carbonyl (C=O) groups excluding carboxylic acids is 2. The molecular weight excluding hydrogens is 258 g/mol. The summed E-state index contributed by atoms with van der Waals surface area (Å²) in [5.74, 6) is -1.59. The van der Waals surface area contributed by atoms with E-state index in [1.807, 2.05) is 0 Å². The molecule has 0 saturated heterocycles. The highest BCUT2D eigenvalue weighted by molar-refractivity contribution is 7.80. The van der Waals surface area contributed by atoms with Crippen LogP contribution in [0.15, 0.2) is 4.99 Å². The molecule has 9 heteroatoms. The zero-order chi connectivity index (χ0) is 14.1.